The number of hydrogen-bond donors (Lipinski definition) is 3. The number of para-hydroxylation sites is 1. The molecule has 1 heterocycles. The van der Waals surface area contributed by atoms with Gasteiger partial charge >= 0.3 is 0 Å². The van der Waals surface area contributed by atoms with Gasteiger partial charge < -0.3 is 15.7 Å². The second kappa shape index (κ2) is 4.55. The van der Waals surface area contributed by atoms with Crippen molar-refractivity contribution in [1.82, 2.24) is 5.32 Å². The molecule has 0 aliphatic carbocycles. The van der Waals surface area contributed by atoms with E-state index >= 15 is 0 Å². The number of rotatable bonds is 1. The average Bonchev–Trinajstić information content (AvgIpc) is 2.39. The lowest BCUT2D eigenvalue weighted by Crippen LogP contribution is -2.38. The third-order valence-electron chi connectivity index (χ3n) is 3.33. The zero-order valence-corrected chi connectivity index (χ0v) is 11.3. The number of anilines is 1. The second-order valence-electron chi connectivity index (χ2n) is 4.67. The summed E-state index contributed by atoms with van der Waals surface area (Å²) in [6.45, 7) is 2.05. The van der Waals surface area contributed by atoms with Gasteiger partial charge in [-0.2, -0.15) is 0 Å². The first-order chi connectivity index (χ1) is 9.15. The van der Waals surface area contributed by atoms with Gasteiger partial charge in [0.05, 0.1) is 6.04 Å². The fourth-order valence-electron chi connectivity index (χ4n) is 2.43. The molecule has 19 heavy (non-hydrogen) atoms. The first-order valence-corrected chi connectivity index (χ1v) is 6.52. The van der Waals surface area contributed by atoms with Crippen molar-refractivity contribution in [2.75, 3.05) is 5.32 Å². The molecule has 3 nitrogen and oxygen atoms in total. The number of benzene rings is 2. The monoisotopic (exact) mass is 270 g/mol. The topological polar surface area (TPSA) is 44.3 Å². The smallest absolute Gasteiger partial charge is 0.171 e. The Morgan fingerprint density at radius 2 is 1.95 bits per heavy atom. The van der Waals surface area contributed by atoms with Crippen molar-refractivity contribution in [1.29, 1.82) is 0 Å². The molecule has 0 bridgehead atoms. The molecule has 0 saturated heterocycles. The molecule has 1 aliphatic rings. The van der Waals surface area contributed by atoms with E-state index in [-0.39, 0.29) is 11.8 Å². The van der Waals surface area contributed by atoms with Gasteiger partial charge in [0.2, 0.25) is 0 Å². The third-order valence-corrected chi connectivity index (χ3v) is 3.55. The van der Waals surface area contributed by atoms with Gasteiger partial charge in [-0.15, -0.1) is 0 Å². The molecule has 1 unspecified atom stereocenters. The van der Waals surface area contributed by atoms with Crippen LogP contribution in [-0.2, 0) is 0 Å². The lowest BCUT2D eigenvalue weighted by Gasteiger charge is -2.30. The summed E-state index contributed by atoms with van der Waals surface area (Å²) in [5.41, 5.74) is 4.35. The maximum atomic E-state index is 9.64. The minimum Gasteiger partial charge on any atom is -0.508 e. The van der Waals surface area contributed by atoms with Gasteiger partial charge in [0.15, 0.2) is 5.11 Å². The molecule has 0 fully saturated rings. The third kappa shape index (κ3) is 2.15. The zero-order valence-electron chi connectivity index (χ0n) is 10.5. The predicted octanol–water partition coefficient (Wildman–Crippen LogP) is 3.09. The quantitative estimate of drug-likeness (QED) is 0.697. The van der Waals surface area contributed by atoms with Crippen LogP contribution in [0.3, 0.4) is 0 Å². The van der Waals surface area contributed by atoms with E-state index in [9.17, 15) is 5.11 Å². The highest BCUT2D eigenvalue weighted by molar-refractivity contribution is 7.80. The van der Waals surface area contributed by atoms with Crippen LogP contribution >= 0.6 is 12.2 Å². The van der Waals surface area contributed by atoms with Crippen molar-refractivity contribution < 1.29 is 5.11 Å². The largest absolute Gasteiger partial charge is 0.508 e. The van der Waals surface area contributed by atoms with Crippen molar-refractivity contribution in [3.8, 4) is 5.75 Å². The average molecular weight is 270 g/mol. The Labute approximate surface area is 117 Å². The molecule has 0 radical (unpaired) electrons. The first-order valence-electron chi connectivity index (χ1n) is 6.11. The Morgan fingerprint density at radius 3 is 2.74 bits per heavy atom. The summed E-state index contributed by atoms with van der Waals surface area (Å²) in [5.74, 6) is 0.262. The SMILES string of the molecule is Cc1cccc2c1NC(=S)NC2c1cccc(O)c1. The normalized spacial score (nSPS) is 17.3. The number of hydrogen-bond acceptors (Lipinski definition) is 2. The lowest BCUT2D eigenvalue weighted by atomic mass is 9.94. The maximum absolute atomic E-state index is 9.64. The molecule has 0 aromatic heterocycles. The number of thiocarbonyl (C=S) groups is 1. The summed E-state index contributed by atoms with van der Waals surface area (Å²) >= 11 is 5.27. The predicted molar refractivity (Wildman–Crippen MR) is 80.5 cm³/mol. The number of aromatic hydroxyl groups is 1. The highest BCUT2D eigenvalue weighted by atomic mass is 32.1. The van der Waals surface area contributed by atoms with Crippen LogP contribution in [0, 0.1) is 6.92 Å². The number of phenolic OH excluding ortho intramolecular Hbond substituents is 1. The van der Waals surface area contributed by atoms with Crippen LogP contribution < -0.4 is 10.6 Å². The molecule has 3 N–H and O–H groups in total. The van der Waals surface area contributed by atoms with Gasteiger partial charge in [-0.1, -0.05) is 30.3 Å². The van der Waals surface area contributed by atoms with E-state index in [0.717, 1.165) is 22.4 Å². The fraction of sp³-hybridized carbons (Fsp3) is 0.133. The molecule has 1 aliphatic heterocycles. The van der Waals surface area contributed by atoms with Gasteiger partial charge in [-0.25, -0.2) is 0 Å². The number of fused-ring (bicyclic) bond motifs is 1. The van der Waals surface area contributed by atoms with Crippen LogP contribution in [-0.4, -0.2) is 10.2 Å². The van der Waals surface area contributed by atoms with Crippen LogP contribution in [0.15, 0.2) is 42.5 Å². The number of nitrogens with one attached hydrogen (secondary N) is 2. The van der Waals surface area contributed by atoms with E-state index in [4.69, 9.17) is 12.2 Å². The van der Waals surface area contributed by atoms with Gasteiger partial charge in [0.1, 0.15) is 5.75 Å². The molecule has 1 atom stereocenters. The van der Waals surface area contributed by atoms with Crippen molar-refractivity contribution >= 4 is 23.0 Å². The Kier molecular flexibility index (Phi) is 2.87. The Morgan fingerprint density at radius 1 is 1.16 bits per heavy atom. The highest BCUT2D eigenvalue weighted by Crippen LogP contribution is 2.34. The molecule has 0 amide bonds. The summed E-state index contributed by atoms with van der Waals surface area (Å²) in [4.78, 5) is 0. The zero-order chi connectivity index (χ0) is 13.4. The summed E-state index contributed by atoms with van der Waals surface area (Å²) < 4.78 is 0. The van der Waals surface area contributed by atoms with Crippen LogP contribution in [0.1, 0.15) is 22.7 Å². The summed E-state index contributed by atoms with van der Waals surface area (Å²) in [5, 5.41) is 16.7. The van der Waals surface area contributed by atoms with E-state index in [2.05, 4.69) is 29.7 Å². The first kappa shape index (κ1) is 12.0. The number of phenols is 1. The van der Waals surface area contributed by atoms with E-state index < -0.39 is 0 Å². The van der Waals surface area contributed by atoms with Crippen LogP contribution in [0.25, 0.3) is 0 Å². The van der Waals surface area contributed by atoms with E-state index in [1.165, 1.54) is 0 Å². The molecule has 2 aromatic carbocycles. The van der Waals surface area contributed by atoms with Crippen LogP contribution in [0.5, 0.6) is 5.75 Å². The van der Waals surface area contributed by atoms with Crippen molar-refractivity contribution in [3.05, 3.63) is 59.2 Å². The molecule has 2 aromatic rings. The molecule has 0 saturated carbocycles. The number of aryl methyl sites for hydroxylation is 1. The van der Waals surface area contributed by atoms with Crippen molar-refractivity contribution in [2.24, 2.45) is 0 Å². The Hall–Kier alpha value is -2.07. The van der Waals surface area contributed by atoms with Gasteiger partial charge in [-0.05, 0) is 42.4 Å². The summed E-state index contributed by atoms with van der Waals surface area (Å²) in [7, 11) is 0. The van der Waals surface area contributed by atoms with Crippen LogP contribution in [0.4, 0.5) is 5.69 Å². The van der Waals surface area contributed by atoms with Gasteiger partial charge in [-0.3, -0.25) is 0 Å². The van der Waals surface area contributed by atoms with Crippen molar-refractivity contribution in [2.45, 2.75) is 13.0 Å². The van der Waals surface area contributed by atoms with E-state index in [1.807, 2.05) is 18.2 Å². The molecule has 96 valence electrons. The lowest BCUT2D eigenvalue weighted by molar-refractivity contribution is 0.474. The Balaban J connectivity index is 2.14. The molecule has 4 heteroatoms. The molecular formula is C15H14N2OS. The standard InChI is InChI=1S/C15H14N2OS/c1-9-4-2-7-12-13(9)16-15(19)17-14(12)10-5-3-6-11(18)8-10/h2-8,14,18H,1H3,(H2,16,17,19). The molecule has 3 rings (SSSR count). The summed E-state index contributed by atoms with van der Waals surface area (Å²) in [6, 6.07) is 13.4. The fourth-order valence-corrected chi connectivity index (χ4v) is 2.65. The summed E-state index contributed by atoms with van der Waals surface area (Å²) in [6.07, 6.45) is 0. The Bertz CT molecular complexity index is 654. The molecular weight excluding hydrogens is 256 g/mol. The molecule has 0 spiro atoms. The van der Waals surface area contributed by atoms with E-state index in [1.54, 1.807) is 12.1 Å². The van der Waals surface area contributed by atoms with Crippen molar-refractivity contribution in [3.63, 3.8) is 0 Å². The van der Waals surface area contributed by atoms with Crippen LogP contribution in [0.2, 0.25) is 0 Å². The van der Waals surface area contributed by atoms with Gasteiger partial charge in [0, 0.05) is 11.3 Å². The highest BCUT2D eigenvalue weighted by Gasteiger charge is 2.24. The minimum atomic E-state index is -0.0317. The van der Waals surface area contributed by atoms with E-state index in [0.29, 0.717) is 5.11 Å². The maximum Gasteiger partial charge on any atom is 0.171 e. The van der Waals surface area contributed by atoms with Gasteiger partial charge in [0.25, 0.3) is 0 Å². The second-order valence-corrected chi connectivity index (χ2v) is 5.07. The minimum absolute atomic E-state index is 0.0317.